The third kappa shape index (κ3) is 4.71. The normalized spacial score (nSPS) is 12.8. The molecule has 7 aromatic rings. The summed E-state index contributed by atoms with van der Waals surface area (Å²) in [6.45, 7) is 4.96. The summed E-state index contributed by atoms with van der Waals surface area (Å²) in [5.74, 6) is 1.99. The van der Waals surface area contributed by atoms with Gasteiger partial charge in [-0.1, -0.05) is 165 Å². The highest BCUT2D eigenvalue weighted by molar-refractivity contribution is 7.04. The van der Waals surface area contributed by atoms with E-state index in [1.807, 2.05) is 60.7 Å². The summed E-state index contributed by atoms with van der Waals surface area (Å²) in [5.41, 5.74) is 10.5. The molecule has 1 aliphatic rings. The molecule has 6 aromatic carbocycles. The molecule has 214 valence electrons. The summed E-state index contributed by atoms with van der Waals surface area (Å²) < 4.78 is 0. The van der Waals surface area contributed by atoms with Gasteiger partial charge in [0, 0.05) is 16.7 Å². The molecule has 0 saturated carbocycles. The fraction of sp³-hybridized carbons (Fsp3) is 0.0488. The van der Waals surface area contributed by atoms with E-state index in [0.29, 0.717) is 17.5 Å². The Hall–Kier alpha value is -5.45. The predicted octanol–water partition coefficient (Wildman–Crippen LogP) is 9.01. The van der Waals surface area contributed by atoms with Crippen molar-refractivity contribution in [2.24, 2.45) is 0 Å². The van der Waals surface area contributed by atoms with Crippen molar-refractivity contribution in [3.05, 3.63) is 152 Å². The number of hydrogen-bond donors (Lipinski definition) is 0. The first kappa shape index (κ1) is 27.1. The van der Waals surface area contributed by atoms with Crippen LogP contribution in [0.1, 0.15) is 0 Å². The first-order chi connectivity index (χ1) is 22.1. The molecule has 45 heavy (non-hydrogen) atoms. The molecule has 0 bridgehead atoms. The quantitative estimate of drug-likeness (QED) is 0.187. The van der Waals surface area contributed by atoms with Gasteiger partial charge >= 0.3 is 0 Å². The van der Waals surface area contributed by atoms with Crippen LogP contribution in [0.5, 0.6) is 0 Å². The second-order valence-electron chi connectivity index (χ2n) is 12.1. The van der Waals surface area contributed by atoms with Gasteiger partial charge in [-0.2, -0.15) is 0 Å². The molecule has 0 amide bonds. The largest absolute Gasteiger partial charge is 0.208 e. The lowest BCUT2D eigenvalue weighted by atomic mass is 9.95. The van der Waals surface area contributed by atoms with Crippen LogP contribution in [-0.2, 0) is 0 Å². The third-order valence-electron chi connectivity index (χ3n) is 8.95. The Morgan fingerprint density at radius 2 is 0.778 bits per heavy atom. The van der Waals surface area contributed by atoms with E-state index in [4.69, 9.17) is 15.0 Å². The van der Waals surface area contributed by atoms with Gasteiger partial charge in [-0.05, 0) is 43.8 Å². The molecule has 1 aromatic heterocycles. The van der Waals surface area contributed by atoms with Gasteiger partial charge in [0.05, 0.1) is 0 Å². The van der Waals surface area contributed by atoms with Crippen LogP contribution >= 0.6 is 0 Å². The second-order valence-corrected chi connectivity index (χ2v) is 16.3. The van der Waals surface area contributed by atoms with Gasteiger partial charge in [0.15, 0.2) is 17.5 Å². The van der Waals surface area contributed by atoms with E-state index in [9.17, 15) is 0 Å². The van der Waals surface area contributed by atoms with Crippen molar-refractivity contribution in [1.29, 1.82) is 0 Å². The van der Waals surface area contributed by atoms with Gasteiger partial charge in [-0.3, -0.25) is 0 Å². The van der Waals surface area contributed by atoms with E-state index < -0.39 is 8.07 Å². The van der Waals surface area contributed by atoms with Crippen LogP contribution in [0.25, 0.3) is 67.5 Å². The van der Waals surface area contributed by atoms with Gasteiger partial charge in [0.25, 0.3) is 0 Å². The maximum atomic E-state index is 5.01. The van der Waals surface area contributed by atoms with Crippen LogP contribution in [0.15, 0.2) is 152 Å². The van der Waals surface area contributed by atoms with E-state index in [1.54, 1.807) is 0 Å². The fourth-order valence-electron chi connectivity index (χ4n) is 6.78. The summed E-state index contributed by atoms with van der Waals surface area (Å²) in [4.78, 5) is 14.9. The Labute approximate surface area is 265 Å². The Morgan fingerprint density at radius 3 is 1.40 bits per heavy atom. The summed E-state index contributed by atoms with van der Waals surface area (Å²) in [7, 11) is -1.83. The average Bonchev–Trinajstić information content (AvgIpc) is 3.35. The summed E-state index contributed by atoms with van der Waals surface area (Å²) in [6.07, 6.45) is 0. The number of rotatable bonds is 5. The molecule has 0 spiro atoms. The molecular formula is C41H31N3Si. The number of aromatic nitrogens is 3. The van der Waals surface area contributed by atoms with Crippen LogP contribution in [0.3, 0.4) is 0 Å². The van der Waals surface area contributed by atoms with E-state index >= 15 is 0 Å². The molecule has 0 saturated heterocycles. The van der Waals surface area contributed by atoms with Gasteiger partial charge in [-0.25, -0.2) is 15.0 Å². The number of fused-ring (bicyclic) bond motifs is 3. The van der Waals surface area contributed by atoms with Crippen LogP contribution < -0.4 is 10.4 Å². The predicted molar refractivity (Wildman–Crippen MR) is 189 cm³/mol. The minimum Gasteiger partial charge on any atom is -0.208 e. The van der Waals surface area contributed by atoms with Crippen molar-refractivity contribution >= 4 is 18.4 Å². The molecule has 1 aliphatic heterocycles. The Morgan fingerprint density at radius 1 is 0.333 bits per heavy atom. The molecule has 0 unspecified atom stereocenters. The van der Waals surface area contributed by atoms with Crippen molar-refractivity contribution in [2.45, 2.75) is 13.1 Å². The first-order valence-electron chi connectivity index (χ1n) is 15.4. The zero-order valence-corrected chi connectivity index (χ0v) is 26.3. The number of benzene rings is 6. The smallest absolute Gasteiger partial charge is 0.164 e. The van der Waals surface area contributed by atoms with Crippen molar-refractivity contribution in [3.63, 3.8) is 0 Å². The molecule has 0 aliphatic carbocycles. The molecule has 0 N–H and O–H groups in total. The van der Waals surface area contributed by atoms with E-state index in [2.05, 4.69) is 104 Å². The topological polar surface area (TPSA) is 38.7 Å². The lowest BCUT2D eigenvalue weighted by molar-refractivity contribution is 1.07. The van der Waals surface area contributed by atoms with Crippen LogP contribution in [0.2, 0.25) is 13.1 Å². The van der Waals surface area contributed by atoms with E-state index in [0.717, 1.165) is 27.8 Å². The molecule has 2 heterocycles. The molecule has 0 radical (unpaired) electrons. The molecule has 0 fully saturated rings. The Kier molecular flexibility index (Phi) is 6.58. The van der Waals surface area contributed by atoms with E-state index in [-0.39, 0.29) is 0 Å². The maximum Gasteiger partial charge on any atom is 0.164 e. The van der Waals surface area contributed by atoms with Crippen LogP contribution in [-0.4, -0.2) is 23.0 Å². The molecule has 8 rings (SSSR count). The van der Waals surface area contributed by atoms with Gasteiger partial charge in [-0.15, -0.1) is 0 Å². The summed E-state index contributed by atoms with van der Waals surface area (Å²) in [6, 6.07) is 53.4. The lowest BCUT2D eigenvalue weighted by Gasteiger charge is -2.22. The zero-order chi connectivity index (χ0) is 30.4. The Bertz CT molecular complexity index is 2110. The van der Waals surface area contributed by atoms with Gasteiger partial charge in [0.1, 0.15) is 8.07 Å². The zero-order valence-electron chi connectivity index (χ0n) is 25.3. The third-order valence-corrected chi connectivity index (χ3v) is 12.5. The first-order valence-corrected chi connectivity index (χ1v) is 18.4. The highest BCUT2D eigenvalue weighted by Gasteiger charge is 2.39. The van der Waals surface area contributed by atoms with Crippen molar-refractivity contribution in [2.75, 3.05) is 0 Å². The van der Waals surface area contributed by atoms with Gasteiger partial charge < -0.3 is 0 Å². The SMILES string of the molecule is C[Si]1(C)c2ccccc2-c2cccc(-c3ccc(-c4ccccc4-c4nc(-c5ccccc5)nc(-c5ccccc5)n4)cc3)c21. The minimum absolute atomic E-state index is 0.661. The van der Waals surface area contributed by atoms with Crippen LogP contribution in [0, 0.1) is 0 Å². The average molecular weight is 594 g/mol. The standard InChI is InChI=1S/C41H31N3Si/c1-45(2)37-23-12-11-19-34(37)35-22-13-21-33(38(35)45)29-26-24-28(25-27-29)32-18-9-10-20-36(32)41-43-39(30-14-5-3-6-15-30)42-40(44-41)31-16-7-4-8-17-31/h3-27H,1-2H3. The Balaban J connectivity index is 1.22. The number of nitrogens with zero attached hydrogens (tertiary/aromatic N) is 3. The van der Waals surface area contributed by atoms with Gasteiger partial charge in [0.2, 0.25) is 0 Å². The van der Waals surface area contributed by atoms with Crippen molar-refractivity contribution in [1.82, 2.24) is 15.0 Å². The fourth-order valence-corrected chi connectivity index (χ4v) is 10.2. The highest BCUT2D eigenvalue weighted by Crippen LogP contribution is 2.36. The number of hydrogen-bond acceptors (Lipinski definition) is 3. The maximum absolute atomic E-state index is 5.01. The second kappa shape index (κ2) is 10.9. The summed E-state index contributed by atoms with van der Waals surface area (Å²) in [5, 5.41) is 3.06. The van der Waals surface area contributed by atoms with Crippen molar-refractivity contribution in [3.8, 4) is 67.5 Å². The van der Waals surface area contributed by atoms with Crippen LogP contribution in [0.4, 0.5) is 0 Å². The summed E-state index contributed by atoms with van der Waals surface area (Å²) >= 11 is 0. The molecular weight excluding hydrogens is 563 g/mol. The van der Waals surface area contributed by atoms with E-state index in [1.165, 1.54) is 32.6 Å². The molecule has 3 nitrogen and oxygen atoms in total. The minimum atomic E-state index is -1.83. The molecule has 4 heteroatoms. The molecule has 0 atom stereocenters. The highest BCUT2D eigenvalue weighted by atomic mass is 28.3. The van der Waals surface area contributed by atoms with Crippen molar-refractivity contribution < 1.29 is 0 Å². The monoisotopic (exact) mass is 593 g/mol. The lowest BCUT2D eigenvalue weighted by Crippen LogP contribution is -2.50.